The van der Waals surface area contributed by atoms with E-state index in [1.165, 1.54) is 6.07 Å². The van der Waals surface area contributed by atoms with E-state index in [0.717, 1.165) is 49.1 Å². The molecule has 2 aliphatic rings. The second kappa shape index (κ2) is 8.09. The Morgan fingerprint density at radius 1 is 1.19 bits per heavy atom. The van der Waals surface area contributed by atoms with Crippen LogP contribution in [0, 0.1) is 5.82 Å². The van der Waals surface area contributed by atoms with E-state index in [4.69, 9.17) is 4.74 Å². The number of hydrogen-bond acceptors (Lipinski definition) is 3. The first-order valence-electron chi connectivity index (χ1n) is 9.68. The average Bonchev–Trinajstić information content (AvgIpc) is 3.08. The average molecular weight is 368 g/mol. The quantitative estimate of drug-likeness (QED) is 0.879. The van der Waals surface area contributed by atoms with Gasteiger partial charge in [0.2, 0.25) is 5.91 Å². The Balaban J connectivity index is 1.36. The summed E-state index contributed by atoms with van der Waals surface area (Å²) in [7, 11) is 0. The highest BCUT2D eigenvalue weighted by Crippen LogP contribution is 2.31. The largest absolute Gasteiger partial charge is 0.493 e. The van der Waals surface area contributed by atoms with Crippen LogP contribution in [0.2, 0.25) is 0 Å². The molecule has 0 spiro atoms. The topological polar surface area (TPSA) is 41.6 Å². The van der Waals surface area contributed by atoms with Gasteiger partial charge in [0.25, 0.3) is 0 Å². The number of benzene rings is 2. The lowest BCUT2D eigenvalue weighted by Gasteiger charge is -2.29. The molecular weight excluding hydrogens is 343 g/mol. The van der Waals surface area contributed by atoms with Crippen molar-refractivity contribution < 1.29 is 13.9 Å². The van der Waals surface area contributed by atoms with Crippen molar-refractivity contribution in [1.29, 1.82) is 0 Å². The first kappa shape index (κ1) is 18.0. The van der Waals surface area contributed by atoms with Gasteiger partial charge >= 0.3 is 0 Å². The van der Waals surface area contributed by atoms with E-state index < -0.39 is 0 Å². The maximum atomic E-state index is 13.4. The van der Waals surface area contributed by atoms with Crippen LogP contribution in [0.3, 0.4) is 0 Å². The van der Waals surface area contributed by atoms with Crippen molar-refractivity contribution >= 4 is 5.91 Å². The van der Waals surface area contributed by atoms with Gasteiger partial charge in [0.1, 0.15) is 11.6 Å². The first-order valence-corrected chi connectivity index (χ1v) is 9.68. The summed E-state index contributed by atoms with van der Waals surface area (Å²) >= 11 is 0. The molecule has 1 amide bonds. The van der Waals surface area contributed by atoms with Crippen molar-refractivity contribution in [2.75, 3.05) is 19.7 Å². The summed E-state index contributed by atoms with van der Waals surface area (Å²) in [4.78, 5) is 14.9. The van der Waals surface area contributed by atoms with Crippen LogP contribution in [-0.4, -0.2) is 36.5 Å². The molecule has 5 heteroatoms. The van der Waals surface area contributed by atoms with Gasteiger partial charge in [-0.05, 0) is 49.6 Å². The third-order valence-corrected chi connectivity index (χ3v) is 5.50. The summed E-state index contributed by atoms with van der Waals surface area (Å²) in [5.41, 5.74) is 2.04. The Bertz CT molecular complexity index is 810. The minimum Gasteiger partial charge on any atom is -0.493 e. The van der Waals surface area contributed by atoms with Crippen LogP contribution in [-0.2, 0) is 11.2 Å². The third-order valence-electron chi connectivity index (χ3n) is 5.50. The third kappa shape index (κ3) is 4.30. The molecule has 2 aromatic carbocycles. The van der Waals surface area contributed by atoms with Gasteiger partial charge in [0.15, 0.2) is 0 Å². The minimum atomic E-state index is -0.201. The Morgan fingerprint density at radius 2 is 2.07 bits per heavy atom. The maximum absolute atomic E-state index is 13.4. The van der Waals surface area contributed by atoms with Crippen molar-refractivity contribution in [1.82, 2.24) is 10.2 Å². The summed E-state index contributed by atoms with van der Waals surface area (Å²) in [6, 6.07) is 15.0. The van der Waals surface area contributed by atoms with Crippen molar-refractivity contribution in [2.24, 2.45) is 0 Å². The molecule has 2 heterocycles. The van der Waals surface area contributed by atoms with Crippen molar-refractivity contribution in [3.05, 3.63) is 65.5 Å². The molecule has 0 unspecified atom stereocenters. The number of likely N-dealkylation sites (tertiary alicyclic amines) is 1. The van der Waals surface area contributed by atoms with E-state index in [1.54, 1.807) is 12.1 Å². The summed E-state index contributed by atoms with van der Waals surface area (Å²) in [5, 5.41) is 3.17. The number of nitrogens with zero attached hydrogens (tertiary/aromatic N) is 1. The summed E-state index contributed by atoms with van der Waals surface area (Å²) in [6.07, 6.45) is 3.69. The number of carbonyl (C=O) groups excluding carboxylic acids is 1. The van der Waals surface area contributed by atoms with Crippen LogP contribution in [0.1, 0.15) is 36.4 Å². The van der Waals surface area contributed by atoms with Gasteiger partial charge in [-0.25, -0.2) is 4.39 Å². The van der Waals surface area contributed by atoms with Gasteiger partial charge in [-0.1, -0.05) is 30.3 Å². The van der Waals surface area contributed by atoms with E-state index in [-0.39, 0.29) is 17.8 Å². The highest BCUT2D eigenvalue weighted by Gasteiger charge is 2.28. The molecule has 2 aromatic rings. The highest BCUT2D eigenvalue weighted by molar-refractivity contribution is 5.78. The molecule has 2 aliphatic heterocycles. The number of nitrogens with one attached hydrogen (secondary N) is 1. The number of ether oxygens (including phenoxy) is 1. The smallest absolute Gasteiger partial charge is 0.234 e. The van der Waals surface area contributed by atoms with Gasteiger partial charge < -0.3 is 10.1 Å². The second-order valence-electron chi connectivity index (χ2n) is 7.40. The fourth-order valence-corrected chi connectivity index (χ4v) is 4.19. The Kier molecular flexibility index (Phi) is 5.39. The lowest BCUT2D eigenvalue weighted by atomic mass is 10.0. The number of hydrogen-bond donors (Lipinski definition) is 1. The molecule has 142 valence electrons. The monoisotopic (exact) mass is 368 g/mol. The van der Waals surface area contributed by atoms with E-state index in [2.05, 4.69) is 10.2 Å². The maximum Gasteiger partial charge on any atom is 0.234 e. The normalized spacial score (nSPS) is 22.1. The van der Waals surface area contributed by atoms with Crippen LogP contribution < -0.4 is 10.1 Å². The highest BCUT2D eigenvalue weighted by atomic mass is 19.1. The van der Waals surface area contributed by atoms with E-state index >= 15 is 0 Å². The van der Waals surface area contributed by atoms with Gasteiger partial charge in [-0.2, -0.15) is 0 Å². The minimum absolute atomic E-state index is 0.00622. The molecule has 2 atom stereocenters. The molecule has 4 nitrogen and oxygen atoms in total. The molecule has 0 aromatic heterocycles. The molecule has 0 radical (unpaired) electrons. The van der Waals surface area contributed by atoms with E-state index in [1.807, 2.05) is 30.3 Å². The van der Waals surface area contributed by atoms with Gasteiger partial charge in [-0.3, -0.25) is 9.69 Å². The molecule has 27 heavy (non-hydrogen) atoms. The molecule has 0 aliphatic carbocycles. The van der Waals surface area contributed by atoms with E-state index in [9.17, 15) is 9.18 Å². The zero-order valence-corrected chi connectivity index (χ0v) is 15.4. The SMILES string of the molecule is O=C(CN1CCC[C@@H]1Cc1cccc(F)c1)N[C@@H]1CCOc2ccccc21. The zero-order valence-electron chi connectivity index (χ0n) is 15.4. The van der Waals surface area contributed by atoms with E-state index in [0.29, 0.717) is 19.2 Å². The number of para-hydroxylation sites is 1. The van der Waals surface area contributed by atoms with Crippen LogP contribution in [0.25, 0.3) is 0 Å². The van der Waals surface area contributed by atoms with Gasteiger partial charge in [0.05, 0.1) is 19.2 Å². The summed E-state index contributed by atoms with van der Waals surface area (Å²) in [6.45, 7) is 1.92. The summed E-state index contributed by atoms with van der Waals surface area (Å²) in [5.74, 6) is 0.704. The molecule has 0 saturated carbocycles. The molecular formula is C22H25FN2O2. The van der Waals surface area contributed by atoms with Crippen molar-refractivity contribution in [3.8, 4) is 5.75 Å². The number of carbonyl (C=O) groups is 1. The van der Waals surface area contributed by atoms with Crippen LogP contribution in [0.4, 0.5) is 4.39 Å². The predicted octanol–water partition coefficient (Wildman–Crippen LogP) is 3.47. The number of amides is 1. The van der Waals surface area contributed by atoms with Crippen molar-refractivity contribution in [3.63, 3.8) is 0 Å². The Morgan fingerprint density at radius 3 is 2.96 bits per heavy atom. The fourth-order valence-electron chi connectivity index (χ4n) is 4.19. The van der Waals surface area contributed by atoms with Crippen LogP contribution in [0.15, 0.2) is 48.5 Å². The first-order chi connectivity index (χ1) is 13.2. The molecule has 1 fully saturated rings. The lowest BCUT2D eigenvalue weighted by Crippen LogP contribution is -2.42. The summed E-state index contributed by atoms with van der Waals surface area (Å²) < 4.78 is 19.1. The standard InChI is InChI=1S/C22H25FN2O2/c23-17-6-3-5-16(13-17)14-18-7-4-11-25(18)15-22(26)24-20-10-12-27-21-9-2-1-8-19(20)21/h1-3,5-6,8-9,13,18,20H,4,7,10-12,14-15H2,(H,24,26)/t18-,20-/m1/s1. The van der Waals surface area contributed by atoms with Crippen LogP contribution in [0.5, 0.6) is 5.75 Å². The Hall–Kier alpha value is -2.40. The fraction of sp³-hybridized carbons (Fsp3) is 0.409. The van der Waals surface area contributed by atoms with Crippen LogP contribution >= 0.6 is 0 Å². The van der Waals surface area contributed by atoms with Gasteiger partial charge in [0, 0.05) is 18.0 Å². The number of fused-ring (bicyclic) bond motifs is 1. The Labute approximate surface area is 159 Å². The number of halogens is 1. The lowest BCUT2D eigenvalue weighted by molar-refractivity contribution is -0.123. The van der Waals surface area contributed by atoms with Crippen molar-refractivity contribution in [2.45, 2.75) is 37.8 Å². The second-order valence-corrected chi connectivity index (χ2v) is 7.40. The van der Waals surface area contributed by atoms with Gasteiger partial charge in [-0.15, -0.1) is 0 Å². The number of rotatable bonds is 5. The molecule has 4 rings (SSSR count). The zero-order chi connectivity index (χ0) is 18.6. The molecule has 1 saturated heterocycles. The molecule has 0 bridgehead atoms. The molecule has 1 N–H and O–H groups in total. The predicted molar refractivity (Wildman–Crippen MR) is 102 cm³/mol.